The van der Waals surface area contributed by atoms with E-state index in [1.54, 1.807) is 6.20 Å². The summed E-state index contributed by atoms with van der Waals surface area (Å²) in [5.41, 5.74) is 1.03. The monoisotopic (exact) mass is 484 g/mol. The molecule has 2 aromatic rings. The van der Waals surface area contributed by atoms with Gasteiger partial charge in [0, 0.05) is 43.4 Å². The second-order valence-corrected chi connectivity index (χ2v) is 11.2. The molecule has 4 rings (SSSR count). The summed E-state index contributed by atoms with van der Waals surface area (Å²) >= 11 is 0. The molecule has 2 saturated heterocycles. The zero-order valence-corrected chi connectivity index (χ0v) is 21.4. The molecule has 0 spiro atoms. The van der Waals surface area contributed by atoms with Gasteiger partial charge in [0.05, 0.1) is 18.0 Å². The summed E-state index contributed by atoms with van der Waals surface area (Å²) in [5.74, 6) is -0.0381. The van der Waals surface area contributed by atoms with Crippen molar-refractivity contribution in [2.45, 2.75) is 71.2 Å². The minimum atomic E-state index is -1.61. The molecule has 0 bridgehead atoms. The third-order valence-corrected chi connectivity index (χ3v) is 7.04. The molecular weight excluding hydrogens is 447 g/mol. The Labute approximate surface area is 207 Å². The van der Waals surface area contributed by atoms with E-state index in [4.69, 9.17) is 4.74 Å². The summed E-state index contributed by atoms with van der Waals surface area (Å²) in [4.78, 5) is 33.4. The molecule has 2 fully saturated rings. The van der Waals surface area contributed by atoms with Gasteiger partial charge >= 0.3 is 6.09 Å². The molecule has 2 aliphatic rings. The molecule has 190 valence electrons. The second-order valence-electron chi connectivity index (χ2n) is 11.2. The van der Waals surface area contributed by atoms with Crippen LogP contribution in [0, 0.1) is 12.8 Å². The Morgan fingerprint density at radius 1 is 1.20 bits per heavy atom. The fraction of sp³-hybridized carbons (Fsp3) is 0.593. The highest BCUT2D eigenvalue weighted by molar-refractivity contribution is 5.94. The first-order chi connectivity index (χ1) is 16.4. The quantitative estimate of drug-likeness (QED) is 0.686. The van der Waals surface area contributed by atoms with Crippen molar-refractivity contribution in [3.8, 4) is 0 Å². The van der Waals surface area contributed by atoms with Crippen LogP contribution in [0.2, 0.25) is 0 Å². The van der Waals surface area contributed by atoms with Crippen molar-refractivity contribution >= 4 is 28.6 Å². The molecule has 1 aromatic heterocycles. The van der Waals surface area contributed by atoms with E-state index < -0.39 is 17.4 Å². The molecule has 0 radical (unpaired) electrons. The number of amides is 2. The molecule has 35 heavy (non-hydrogen) atoms. The van der Waals surface area contributed by atoms with Crippen LogP contribution < -0.4 is 10.2 Å². The van der Waals surface area contributed by atoms with Crippen molar-refractivity contribution in [1.29, 1.82) is 0 Å². The Hall–Kier alpha value is -2.90. The van der Waals surface area contributed by atoms with Gasteiger partial charge in [-0.25, -0.2) is 9.18 Å². The highest BCUT2D eigenvalue weighted by Gasteiger charge is 2.40. The maximum absolute atomic E-state index is 15.5. The van der Waals surface area contributed by atoms with Crippen LogP contribution in [0.1, 0.15) is 52.5 Å². The lowest BCUT2D eigenvalue weighted by molar-refractivity contribution is -0.125. The molecule has 2 amide bonds. The maximum Gasteiger partial charge on any atom is 0.410 e. The molecule has 0 aliphatic carbocycles. The number of anilines is 1. The summed E-state index contributed by atoms with van der Waals surface area (Å²) < 4.78 is 20.8. The van der Waals surface area contributed by atoms with Gasteiger partial charge < -0.3 is 19.9 Å². The van der Waals surface area contributed by atoms with E-state index in [2.05, 4.69) is 47.2 Å². The maximum atomic E-state index is 15.5. The number of ether oxygens (including phenoxy) is 1. The van der Waals surface area contributed by atoms with E-state index >= 15 is 4.39 Å². The molecule has 3 heterocycles. The Morgan fingerprint density at radius 2 is 1.91 bits per heavy atom. The Morgan fingerprint density at radius 3 is 2.60 bits per heavy atom. The molecular formula is C27H37FN4O3. The zero-order valence-electron chi connectivity index (χ0n) is 21.4. The van der Waals surface area contributed by atoms with E-state index in [0.717, 1.165) is 28.7 Å². The molecule has 7 nitrogen and oxygen atoms in total. The topological polar surface area (TPSA) is 74.8 Å². The van der Waals surface area contributed by atoms with Crippen LogP contribution in [0.25, 0.3) is 10.9 Å². The fourth-order valence-electron chi connectivity index (χ4n) is 5.06. The number of nitrogens with one attached hydrogen (secondary N) is 1. The molecule has 2 aliphatic heterocycles. The number of halogens is 1. The summed E-state index contributed by atoms with van der Waals surface area (Å²) in [6.07, 6.45) is 1.46. The summed E-state index contributed by atoms with van der Waals surface area (Å²) in [7, 11) is 0. The highest BCUT2D eigenvalue weighted by atomic mass is 19.1. The van der Waals surface area contributed by atoms with Crippen LogP contribution in [0.15, 0.2) is 30.5 Å². The number of nitrogens with zero attached hydrogens (tertiary/aromatic N) is 3. The number of fused-ring (bicyclic) bond motifs is 1. The number of likely N-dealkylation sites (tertiary alicyclic amines) is 1. The number of rotatable bonds is 4. The average Bonchev–Trinajstić information content (AvgIpc) is 3.12. The number of carbonyl (C=O) groups excluding carboxylic acids is 2. The molecule has 0 unspecified atom stereocenters. The lowest BCUT2D eigenvalue weighted by Gasteiger charge is -2.37. The van der Waals surface area contributed by atoms with Crippen LogP contribution in [-0.2, 0) is 9.53 Å². The average molecular weight is 485 g/mol. The lowest BCUT2D eigenvalue weighted by Crippen LogP contribution is -2.49. The lowest BCUT2D eigenvalue weighted by atomic mass is 9.89. The van der Waals surface area contributed by atoms with E-state index in [-0.39, 0.29) is 50.2 Å². The third-order valence-electron chi connectivity index (χ3n) is 7.04. The van der Waals surface area contributed by atoms with Gasteiger partial charge in [0.2, 0.25) is 5.91 Å². The van der Waals surface area contributed by atoms with E-state index in [1.807, 2.05) is 26.8 Å². The minimum absolute atomic E-state index is 0.0547. The first-order valence-electron chi connectivity index (χ1n) is 12.5. The first-order valence-corrected chi connectivity index (χ1v) is 12.5. The van der Waals surface area contributed by atoms with Gasteiger partial charge in [-0.3, -0.25) is 9.78 Å². The summed E-state index contributed by atoms with van der Waals surface area (Å²) in [6.45, 7) is 11.6. The number of piperidine rings is 1. The molecule has 1 N–H and O–H groups in total. The van der Waals surface area contributed by atoms with Crippen molar-refractivity contribution in [3.63, 3.8) is 0 Å². The molecule has 8 heteroatoms. The summed E-state index contributed by atoms with van der Waals surface area (Å²) in [5, 5.41) is 4.19. The van der Waals surface area contributed by atoms with Crippen molar-refractivity contribution in [2.75, 3.05) is 31.1 Å². The number of pyridine rings is 1. The van der Waals surface area contributed by atoms with Crippen LogP contribution in [0.3, 0.4) is 0 Å². The van der Waals surface area contributed by atoms with E-state index in [9.17, 15) is 9.59 Å². The normalized spacial score (nSPS) is 22.3. The third kappa shape index (κ3) is 5.85. The standard InChI is InChI=1S/C27H37FN4O3/c1-18-8-9-22(20-7-6-12-29-24(18)20)32-16-19(2)21(17-32)30-23(33)15-27(28)10-13-31(14-11-27)25(34)35-26(3,4)5/h6-9,12,19,21H,10-11,13-17H2,1-5H3,(H,30,33)/t19-,21+/m1/s1. The molecule has 0 saturated carbocycles. The van der Waals surface area contributed by atoms with Crippen molar-refractivity contribution in [2.24, 2.45) is 5.92 Å². The second kappa shape index (κ2) is 9.63. The van der Waals surface area contributed by atoms with Gasteiger partial charge in [-0.05, 0) is 70.2 Å². The Bertz CT molecular complexity index is 1090. The number of hydrogen-bond acceptors (Lipinski definition) is 5. The Balaban J connectivity index is 1.33. The van der Waals surface area contributed by atoms with Gasteiger partial charge in [0.15, 0.2) is 0 Å². The fourth-order valence-corrected chi connectivity index (χ4v) is 5.06. The summed E-state index contributed by atoms with van der Waals surface area (Å²) in [6, 6.07) is 8.17. The Kier molecular flexibility index (Phi) is 6.93. The van der Waals surface area contributed by atoms with Crippen LogP contribution >= 0.6 is 0 Å². The SMILES string of the molecule is Cc1ccc(N2C[C@@H](C)[C@@H](NC(=O)CC3(F)CCN(C(=O)OC(C)(C)C)CC3)C2)c2cccnc12. The van der Waals surface area contributed by atoms with Crippen molar-refractivity contribution < 1.29 is 18.7 Å². The number of benzene rings is 1. The van der Waals surface area contributed by atoms with Crippen LogP contribution in [0.5, 0.6) is 0 Å². The number of hydrogen-bond donors (Lipinski definition) is 1. The molecule has 2 atom stereocenters. The van der Waals surface area contributed by atoms with Gasteiger partial charge in [-0.15, -0.1) is 0 Å². The molecule has 1 aromatic carbocycles. The smallest absolute Gasteiger partial charge is 0.410 e. The van der Waals surface area contributed by atoms with Gasteiger partial charge in [-0.1, -0.05) is 13.0 Å². The largest absolute Gasteiger partial charge is 0.444 e. The van der Waals surface area contributed by atoms with Crippen molar-refractivity contribution in [3.05, 3.63) is 36.0 Å². The van der Waals surface area contributed by atoms with Gasteiger partial charge in [0.25, 0.3) is 0 Å². The minimum Gasteiger partial charge on any atom is -0.444 e. The van der Waals surface area contributed by atoms with Crippen molar-refractivity contribution in [1.82, 2.24) is 15.2 Å². The predicted octanol–water partition coefficient (Wildman–Crippen LogP) is 4.61. The number of aryl methyl sites for hydroxylation is 1. The van der Waals surface area contributed by atoms with Crippen LogP contribution in [0.4, 0.5) is 14.9 Å². The van der Waals surface area contributed by atoms with Gasteiger partial charge in [-0.2, -0.15) is 0 Å². The highest BCUT2D eigenvalue weighted by Crippen LogP contribution is 2.33. The van der Waals surface area contributed by atoms with E-state index in [0.29, 0.717) is 6.54 Å². The van der Waals surface area contributed by atoms with Gasteiger partial charge in [0.1, 0.15) is 11.3 Å². The zero-order chi connectivity index (χ0) is 25.4. The van der Waals surface area contributed by atoms with E-state index in [1.165, 1.54) is 4.90 Å². The number of aromatic nitrogens is 1. The number of carbonyl (C=O) groups is 2. The van der Waals surface area contributed by atoms with Crippen LogP contribution in [-0.4, -0.2) is 65.4 Å². The first kappa shape index (κ1) is 25.2. The predicted molar refractivity (Wildman–Crippen MR) is 135 cm³/mol. The number of alkyl halides is 1.